The highest BCUT2D eigenvalue weighted by atomic mass is 19.1. The minimum absolute atomic E-state index is 0.0120. The molecule has 1 aromatic carbocycles. The lowest BCUT2D eigenvalue weighted by Gasteiger charge is -2.27. The van der Waals surface area contributed by atoms with Crippen LogP contribution in [0.5, 0.6) is 5.75 Å². The molecule has 4 heteroatoms. The van der Waals surface area contributed by atoms with Crippen LogP contribution in [0.2, 0.25) is 0 Å². The van der Waals surface area contributed by atoms with Crippen LogP contribution in [0, 0.1) is 5.82 Å². The first-order valence-electron chi connectivity index (χ1n) is 5.42. The van der Waals surface area contributed by atoms with Gasteiger partial charge in [0.1, 0.15) is 18.2 Å². The summed E-state index contributed by atoms with van der Waals surface area (Å²) in [6.07, 6.45) is 3.51. The smallest absolute Gasteiger partial charge is 0.142 e. The van der Waals surface area contributed by atoms with E-state index in [2.05, 4.69) is 10.3 Å². The van der Waals surface area contributed by atoms with E-state index in [9.17, 15) is 4.39 Å². The van der Waals surface area contributed by atoms with E-state index in [0.29, 0.717) is 18.0 Å². The van der Waals surface area contributed by atoms with Gasteiger partial charge in [0.05, 0.1) is 11.7 Å². The van der Waals surface area contributed by atoms with Crippen molar-refractivity contribution >= 4 is 5.69 Å². The summed E-state index contributed by atoms with van der Waals surface area (Å²) in [6.45, 7) is 0.518. The van der Waals surface area contributed by atoms with Crippen LogP contribution in [0.25, 0.3) is 0 Å². The first-order chi connectivity index (χ1) is 8.33. The molecule has 1 aliphatic rings. The van der Waals surface area contributed by atoms with Gasteiger partial charge >= 0.3 is 0 Å². The van der Waals surface area contributed by atoms with Crippen molar-refractivity contribution in [2.75, 3.05) is 11.9 Å². The fourth-order valence-electron chi connectivity index (χ4n) is 1.91. The summed E-state index contributed by atoms with van der Waals surface area (Å²) in [6, 6.07) is 8.33. The summed E-state index contributed by atoms with van der Waals surface area (Å²) >= 11 is 0. The molecule has 1 aliphatic heterocycles. The van der Waals surface area contributed by atoms with E-state index in [0.717, 1.165) is 5.56 Å². The SMILES string of the molecule is Fc1ccc2c(c1)NC(c1cccnc1)CO2. The summed E-state index contributed by atoms with van der Waals surface area (Å²) in [5.41, 5.74) is 1.72. The average molecular weight is 230 g/mol. The molecule has 0 radical (unpaired) electrons. The number of hydrogen-bond donors (Lipinski definition) is 1. The van der Waals surface area contributed by atoms with E-state index in [1.807, 2.05) is 12.1 Å². The number of nitrogens with one attached hydrogen (secondary N) is 1. The highest BCUT2D eigenvalue weighted by Crippen LogP contribution is 2.33. The largest absolute Gasteiger partial charge is 0.489 e. The Hall–Kier alpha value is -2.10. The lowest BCUT2D eigenvalue weighted by Crippen LogP contribution is -2.24. The molecule has 0 amide bonds. The van der Waals surface area contributed by atoms with Crippen LogP contribution in [0.1, 0.15) is 11.6 Å². The predicted octanol–water partition coefficient (Wildman–Crippen LogP) is 2.77. The molecule has 86 valence electrons. The van der Waals surface area contributed by atoms with E-state index >= 15 is 0 Å². The highest BCUT2D eigenvalue weighted by Gasteiger charge is 2.20. The Morgan fingerprint density at radius 3 is 3.12 bits per heavy atom. The van der Waals surface area contributed by atoms with E-state index < -0.39 is 0 Å². The molecule has 1 aromatic heterocycles. The number of halogens is 1. The number of nitrogens with zero attached hydrogens (tertiary/aromatic N) is 1. The zero-order valence-electron chi connectivity index (χ0n) is 9.06. The van der Waals surface area contributed by atoms with Crippen LogP contribution in [-0.2, 0) is 0 Å². The number of rotatable bonds is 1. The van der Waals surface area contributed by atoms with E-state index in [4.69, 9.17) is 4.74 Å². The third-order valence-electron chi connectivity index (χ3n) is 2.76. The molecule has 0 saturated heterocycles. The van der Waals surface area contributed by atoms with E-state index in [-0.39, 0.29) is 11.9 Å². The molecule has 3 nitrogen and oxygen atoms in total. The van der Waals surface area contributed by atoms with Gasteiger partial charge in [-0.2, -0.15) is 0 Å². The van der Waals surface area contributed by atoms with Crippen molar-refractivity contribution in [2.24, 2.45) is 0 Å². The summed E-state index contributed by atoms with van der Waals surface area (Å²) in [5.74, 6) is 0.415. The van der Waals surface area contributed by atoms with Crippen molar-refractivity contribution in [1.29, 1.82) is 0 Å². The first kappa shape index (κ1) is 10.1. The van der Waals surface area contributed by atoms with Crippen LogP contribution >= 0.6 is 0 Å². The second-order valence-electron chi connectivity index (χ2n) is 3.93. The van der Waals surface area contributed by atoms with Gasteiger partial charge in [0.25, 0.3) is 0 Å². The molecule has 1 atom stereocenters. The maximum absolute atomic E-state index is 13.1. The van der Waals surface area contributed by atoms with Gasteiger partial charge in [0.15, 0.2) is 0 Å². The van der Waals surface area contributed by atoms with Gasteiger partial charge in [-0.1, -0.05) is 6.07 Å². The standard InChI is InChI=1S/C13H11FN2O/c14-10-3-4-13-11(6-10)16-12(8-17-13)9-2-1-5-15-7-9/h1-7,12,16H,8H2. The fourth-order valence-corrected chi connectivity index (χ4v) is 1.91. The Bertz CT molecular complexity index is 530. The minimum atomic E-state index is -0.272. The van der Waals surface area contributed by atoms with Crippen LogP contribution in [0.4, 0.5) is 10.1 Å². The summed E-state index contributed by atoms with van der Waals surface area (Å²) in [4.78, 5) is 4.06. The topological polar surface area (TPSA) is 34.2 Å². The van der Waals surface area contributed by atoms with E-state index in [1.54, 1.807) is 18.5 Å². The maximum atomic E-state index is 13.1. The van der Waals surface area contributed by atoms with Crippen LogP contribution in [0.15, 0.2) is 42.7 Å². The summed E-state index contributed by atoms with van der Waals surface area (Å²) < 4.78 is 18.7. The molecular formula is C13H11FN2O. The van der Waals surface area contributed by atoms with Crippen molar-refractivity contribution in [3.8, 4) is 5.75 Å². The number of pyridine rings is 1. The van der Waals surface area contributed by atoms with Crippen LogP contribution in [0.3, 0.4) is 0 Å². The monoisotopic (exact) mass is 230 g/mol. The van der Waals surface area contributed by atoms with Crippen LogP contribution in [-0.4, -0.2) is 11.6 Å². The quantitative estimate of drug-likeness (QED) is 0.818. The molecule has 0 fully saturated rings. The van der Waals surface area contributed by atoms with Gasteiger partial charge in [-0.15, -0.1) is 0 Å². The zero-order valence-corrected chi connectivity index (χ0v) is 9.06. The molecule has 1 unspecified atom stereocenters. The molecule has 0 saturated carbocycles. The Morgan fingerprint density at radius 2 is 2.29 bits per heavy atom. The molecular weight excluding hydrogens is 219 g/mol. The fraction of sp³-hybridized carbons (Fsp3) is 0.154. The number of anilines is 1. The van der Waals surface area contributed by atoms with Gasteiger partial charge in [-0.25, -0.2) is 4.39 Å². The Balaban J connectivity index is 1.90. The molecule has 0 bridgehead atoms. The van der Waals surface area contributed by atoms with E-state index in [1.165, 1.54) is 12.1 Å². The molecule has 2 heterocycles. The lowest BCUT2D eigenvalue weighted by atomic mass is 10.1. The third-order valence-corrected chi connectivity index (χ3v) is 2.76. The van der Waals surface area contributed by atoms with Crippen molar-refractivity contribution in [1.82, 2.24) is 4.98 Å². The molecule has 17 heavy (non-hydrogen) atoms. The van der Waals surface area contributed by atoms with Gasteiger partial charge in [-0.3, -0.25) is 4.98 Å². The Morgan fingerprint density at radius 1 is 1.35 bits per heavy atom. The number of aromatic nitrogens is 1. The third kappa shape index (κ3) is 1.93. The van der Waals surface area contributed by atoms with Gasteiger partial charge in [-0.05, 0) is 23.8 Å². The maximum Gasteiger partial charge on any atom is 0.142 e. The lowest BCUT2D eigenvalue weighted by molar-refractivity contribution is 0.286. The summed E-state index contributed by atoms with van der Waals surface area (Å²) in [5, 5.41) is 3.25. The molecule has 0 spiro atoms. The second-order valence-corrected chi connectivity index (χ2v) is 3.93. The molecule has 0 aliphatic carbocycles. The van der Waals surface area contributed by atoms with Crippen LogP contribution < -0.4 is 10.1 Å². The predicted molar refractivity (Wildman–Crippen MR) is 62.5 cm³/mol. The number of fused-ring (bicyclic) bond motifs is 1. The number of hydrogen-bond acceptors (Lipinski definition) is 3. The molecule has 3 rings (SSSR count). The van der Waals surface area contributed by atoms with Gasteiger partial charge in [0.2, 0.25) is 0 Å². The van der Waals surface area contributed by atoms with Crippen molar-refractivity contribution in [2.45, 2.75) is 6.04 Å². The average Bonchev–Trinajstić information content (AvgIpc) is 2.39. The first-order valence-corrected chi connectivity index (χ1v) is 5.42. The van der Waals surface area contributed by atoms with Gasteiger partial charge in [0, 0.05) is 18.5 Å². The Kier molecular flexibility index (Phi) is 2.40. The normalized spacial score (nSPS) is 17.8. The molecule has 1 N–H and O–H groups in total. The number of ether oxygens (including phenoxy) is 1. The molecule has 2 aromatic rings. The number of benzene rings is 1. The summed E-state index contributed by atoms with van der Waals surface area (Å²) in [7, 11) is 0. The van der Waals surface area contributed by atoms with Crippen molar-refractivity contribution in [3.05, 3.63) is 54.1 Å². The zero-order chi connectivity index (χ0) is 11.7. The van der Waals surface area contributed by atoms with Gasteiger partial charge < -0.3 is 10.1 Å². The van der Waals surface area contributed by atoms with Crippen molar-refractivity contribution in [3.63, 3.8) is 0 Å². The van der Waals surface area contributed by atoms with Crippen molar-refractivity contribution < 1.29 is 9.13 Å². The Labute approximate surface area is 98.3 Å². The highest BCUT2D eigenvalue weighted by molar-refractivity contribution is 5.59. The minimum Gasteiger partial charge on any atom is -0.489 e. The second kappa shape index (κ2) is 4.05.